The molecule has 104 valence electrons. The van der Waals surface area contributed by atoms with Crippen LogP contribution in [0.5, 0.6) is 5.75 Å². The number of nitrogens with zero attached hydrogens (tertiary/aromatic N) is 1. The summed E-state index contributed by atoms with van der Waals surface area (Å²) in [6.07, 6.45) is 3.72. The van der Waals surface area contributed by atoms with Crippen LogP contribution in [0, 0.1) is 0 Å². The Hall–Kier alpha value is -2.40. The molecule has 0 saturated carbocycles. The molecule has 0 aliphatic carbocycles. The van der Waals surface area contributed by atoms with E-state index < -0.39 is 12.0 Å². The van der Waals surface area contributed by atoms with Crippen LogP contribution in [0.15, 0.2) is 48.8 Å². The third kappa shape index (κ3) is 4.07. The molecule has 1 heterocycles. The molecule has 0 amide bonds. The fraction of sp³-hybridized carbons (Fsp3) is 0.200. The number of aliphatic carboxylic acids is 1. The quantitative estimate of drug-likeness (QED) is 0.834. The Morgan fingerprint density at radius 3 is 2.80 bits per heavy atom. The molecule has 3 N–H and O–H groups in total. The molecule has 5 heteroatoms. The number of ether oxygens (including phenoxy) is 1. The van der Waals surface area contributed by atoms with Crippen molar-refractivity contribution in [2.45, 2.75) is 19.1 Å². The summed E-state index contributed by atoms with van der Waals surface area (Å²) in [4.78, 5) is 14.7. The number of rotatable bonds is 6. The number of carboxylic acid groups (broad SMARTS) is 1. The van der Waals surface area contributed by atoms with Gasteiger partial charge in [-0.25, -0.2) is 0 Å². The van der Waals surface area contributed by atoms with Crippen molar-refractivity contribution < 1.29 is 14.6 Å². The van der Waals surface area contributed by atoms with Gasteiger partial charge in [-0.2, -0.15) is 0 Å². The average molecular weight is 272 g/mol. The van der Waals surface area contributed by atoms with Crippen molar-refractivity contribution in [2.75, 3.05) is 0 Å². The van der Waals surface area contributed by atoms with E-state index in [2.05, 4.69) is 4.98 Å². The maximum atomic E-state index is 10.7. The first-order valence-electron chi connectivity index (χ1n) is 6.24. The van der Waals surface area contributed by atoms with Crippen LogP contribution in [-0.4, -0.2) is 22.1 Å². The van der Waals surface area contributed by atoms with Crippen molar-refractivity contribution >= 4 is 5.97 Å². The van der Waals surface area contributed by atoms with E-state index in [0.29, 0.717) is 12.4 Å². The fourth-order valence-electron chi connectivity index (χ4n) is 1.75. The number of nitrogens with two attached hydrogens (primary N) is 1. The number of carboxylic acids is 1. The molecule has 1 aromatic heterocycles. The SMILES string of the molecule is NC(Cc1cccc(OCc2cccnc2)c1)C(=O)O. The molecule has 0 radical (unpaired) electrons. The van der Waals surface area contributed by atoms with Crippen LogP contribution in [-0.2, 0) is 17.8 Å². The van der Waals surface area contributed by atoms with Gasteiger partial charge in [0.1, 0.15) is 18.4 Å². The molecule has 1 unspecified atom stereocenters. The molecule has 0 bridgehead atoms. The normalized spacial score (nSPS) is 11.8. The lowest BCUT2D eigenvalue weighted by Gasteiger charge is -2.09. The minimum Gasteiger partial charge on any atom is -0.489 e. The number of hydrogen-bond acceptors (Lipinski definition) is 4. The molecular weight excluding hydrogens is 256 g/mol. The van der Waals surface area contributed by atoms with Crippen molar-refractivity contribution in [1.29, 1.82) is 0 Å². The van der Waals surface area contributed by atoms with Crippen molar-refractivity contribution in [3.63, 3.8) is 0 Å². The minimum atomic E-state index is -1.01. The van der Waals surface area contributed by atoms with E-state index in [1.54, 1.807) is 18.5 Å². The maximum Gasteiger partial charge on any atom is 0.320 e. The summed E-state index contributed by atoms with van der Waals surface area (Å²) in [5.41, 5.74) is 7.32. The van der Waals surface area contributed by atoms with E-state index in [1.165, 1.54) is 0 Å². The number of carbonyl (C=O) groups is 1. The second-order valence-electron chi connectivity index (χ2n) is 4.45. The first-order valence-corrected chi connectivity index (χ1v) is 6.24. The molecular formula is C15H16N2O3. The lowest BCUT2D eigenvalue weighted by molar-refractivity contribution is -0.138. The summed E-state index contributed by atoms with van der Waals surface area (Å²) in [7, 11) is 0. The van der Waals surface area contributed by atoms with Crippen molar-refractivity contribution in [1.82, 2.24) is 4.98 Å². The average Bonchev–Trinajstić information content (AvgIpc) is 2.46. The lowest BCUT2D eigenvalue weighted by atomic mass is 10.1. The van der Waals surface area contributed by atoms with Gasteiger partial charge >= 0.3 is 5.97 Å². The van der Waals surface area contributed by atoms with E-state index in [9.17, 15) is 4.79 Å². The standard InChI is InChI=1S/C15H16N2O3/c16-14(15(18)19)8-11-3-1-5-13(7-11)20-10-12-4-2-6-17-9-12/h1-7,9,14H,8,10,16H2,(H,18,19). The zero-order chi connectivity index (χ0) is 14.4. The van der Waals surface area contributed by atoms with E-state index in [-0.39, 0.29) is 6.42 Å². The predicted octanol–water partition coefficient (Wildman–Crippen LogP) is 1.62. The Labute approximate surface area is 117 Å². The van der Waals surface area contributed by atoms with Crippen LogP contribution < -0.4 is 10.5 Å². The van der Waals surface area contributed by atoms with Crippen LogP contribution >= 0.6 is 0 Å². The highest BCUT2D eigenvalue weighted by Gasteiger charge is 2.12. The van der Waals surface area contributed by atoms with Gasteiger partial charge in [0.2, 0.25) is 0 Å². The third-order valence-corrected chi connectivity index (χ3v) is 2.80. The molecule has 1 atom stereocenters. The molecule has 0 saturated heterocycles. The van der Waals surface area contributed by atoms with Crippen LogP contribution in [0.3, 0.4) is 0 Å². The van der Waals surface area contributed by atoms with E-state index in [4.69, 9.17) is 15.6 Å². The molecule has 2 rings (SSSR count). The summed E-state index contributed by atoms with van der Waals surface area (Å²) in [5, 5.41) is 8.80. The molecule has 0 spiro atoms. The predicted molar refractivity (Wildman–Crippen MR) is 74.3 cm³/mol. The lowest BCUT2D eigenvalue weighted by Crippen LogP contribution is -2.32. The second-order valence-corrected chi connectivity index (χ2v) is 4.45. The Balaban J connectivity index is 1.97. The highest BCUT2D eigenvalue weighted by atomic mass is 16.5. The van der Waals surface area contributed by atoms with Gasteiger partial charge in [0.15, 0.2) is 0 Å². The third-order valence-electron chi connectivity index (χ3n) is 2.80. The van der Waals surface area contributed by atoms with E-state index in [0.717, 1.165) is 11.1 Å². The maximum absolute atomic E-state index is 10.7. The van der Waals surface area contributed by atoms with Gasteiger partial charge < -0.3 is 15.6 Å². The molecule has 0 aliphatic heterocycles. The van der Waals surface area contributed by atoms with Gasteiger partial charge in [0.05, 0.1) is 0 Å². The summed E-state index contributed by atoms with van der Waals surface area (Å²) >= 11 is 0. The number of hydrogen-bond donors (Lipinski definition) is 2. The van der Waals surface area contributed by atoms with Gasteiger partial charge in [-0.3, -0.25) is 9.78 Å². The van der Waals surface area contributed by atoms with Crippen LogP contribution in [0.1, 0.15) is 11.1 Å². The number of aromatic nitrogens is 1. The largest absolute Gasteiger partial charge is 0.489 e. The first-order chi connectivity index (χ1) is 9.65. The Morgan fingerprint density at radius 2 is 2.10 bits per heavy atom. The Kier molecular flexibility index (Phi) is 4.68. The molecule has 2 aromatic rings. The van der Waals surface area contributed by atoms with Gasteiger partial charge in [-0.15, -0.1) is 0 Å². The van der Waals surface area contributed by atoms with Gasteiger partial charge in [0.25, 0.3) is 0 Å². The minimum absolute atomic E-state index is 0.277. The van der Waals surface area contributed by atoms with Crippen molar-refractivity contribution in [3.05, 3.63) is 59.9 Å². The summed E-state index contributed by atoms with van der Waals surface area (Å²) < 4.78 is 5.65. The first kappa shape index (κ1) is 14.0. The molecule has 0 fully saturated rings. The van der Waals surface area contributed by atoms with Crippen LogP contribution in [0.2, 0.25) is 0 Å². The van der Waals surface area contributed by atoms with Crippen LogP contribution in [0.4, 0.5) is 0 Å². The van der Waals surface area contributed by atoms with Gasteiger partial charge in [0, 0.05) is 18.0 Å². The van der Waals surface area contributed by atoms with Gasteiger partial charge in [-0.1, -0.05) is 18.2 Å². The zero-order valence-corrected chi connectivity index (χ0v) is 10.9. The Morgan fingerprint density at radius 1 is 1.30 bits per heavy atom. The molecule has 20 heavy (non-hydrogen) atoms. The summed E-state index contributed by atoms with van der Waals surface area (Å²) in [6, 6.07) is 10.2. The summed E-state index contributed by atoms with van der Waals surface area (Å²) in [5.74, 6) is -0.323. The smallest absolute Gasteiger partial charge is 0.320 e. The topological polar surface area (TPSA) is 85.4 Å². The van der Waals surface area contributed by atoms with E-state index in [1.807, 2.05) is 30.3 Å². The van der Waals surface area contributed by atoms with Crippen molar-refractivity contribution in [2.24, 2.45) is 5.73 Å². The zero-order valence-electron chi connectivity index (χ0n) is 10.9. The molecule has 5 nitrogen and oxygen atoms in total. The van der Waals surface area contributed by atoms with Crippen molar-refractivity contribution in [3.8, 4) is 5.75 Å². The highest BCUT2D eigenvalue weighted by molar-refractivity contribution is 5.73. The molecule has 0 aliphatic rings. The van der Waals surface area contributed by atoms with E-state index >= 15 is 0 Å². The second kappa shape index (κ2) is 6.68. The van der Waals surface area contributed by atoms with Gasteiger partial charge in [-0.05, 0) is 30.2 Å². The molecule has 1 aromatic carbocycles. The monoisotopic (exact) mass is 272 g/mol. The number of benzene rings is 1. The Bertz CT molecular complexity index is 572. The fourth-order valence-corrected chi connectivity index (χ4v) is 1.75. The number of pyridine rings is 1. The summed E-state index contributed by atoms with van der Waals surface area (Å²) in [6.45, 7) is 0.419. The van der Waals surface area contributed by atoms with Crippen LogP contribution in [0.25, 0.3) is 0 Å². The highest BCUT2D eigenvalue weighted by Crippen LogP contribution is 2.16.